The van der Waals surface area contributed by atoms with E-state index in [-0.39, 0.29) is 18.0 Å². The van der Waals surface area contributed by atoms with Crippen LogP contribution in [0, 0.1) is 4.77 Å². The van der Waals surface area contributed by atoms with Crippen molar-refractivity contribution in [1.29, 1.82) is 0 Å². The minimum Gasteiger partial charge on any atom is -0.317 e. The SMILES string of the molecule is CCn1cnc2c(=O)n(-c3ccc(Cl)cc3)c(=S)[nH]c21.Cl. The molecular formula is C13H12Cl2N4OS. The van der Waals surface area contributed by atoms with Gasteiger partial charge in [-0.2, -0.15) is 0 Å². The van der Waals surface area contributed by atoms with Gasteiger partial charge < -0.3 is 9.55 Å². The van der Waals surface area contributed by atoms with Gasteiger partial charge in [0.2, 0.25) is 0 Å². The summed E-state index contributed by atoms with van der Waals surface area (Å²) in [6.45, 7) is 2.69. The number of rotatable bonds is 2. The van der Waals surface area contributed by atoms with Gasteiger partial charge in [0.15, 0.2) is 10.3 Å². The van der Waals surface area contributed by atoms with Gasteiger partial charge in [-0.05, 0) is 43.4 Å². The molecule has 3 aromatic rings. The number of nitrogens with zero attached hydrogens (tertiary/aromatic N) is 3. The molecule has 8 heteroatoms. The van der Waals surface area contributed by atoms with E-state index in [9.17, 15) is 4.79 Å². The first-order chi connectivity index (χ1) is 9.61. The van der Waals surface area contributed by atoms with Crippen LogP contribution < -0.4 is 5.56 Å². The van der Waals surface area contributed by atoms with Gasteiger partial charge >= 0.3 is 0 Å². The molecule has 0 spiro atoms. The van der Waals surface area contributed by atoms with Crippen molar-refractivity contribution in [1.82, 2.24) is 19.1 Å². The second kappa shape index (κ2) is 6.01. The van der Waals surface area contributed by atoms with Gasteiger partial charge in [-0.1, -0.05) is 11.6 Å². The average Bonchev–Trinajstić information content (AvgIpc) is 2.84. The van der Waals surface area contributed by atoms with Crippen LogP contribution in [0.15, 0.2) is 35.4 Å². The fourth-order valence-electron chi connectivity index (χ4n) is 2.09. The maximum Gasteiger partial charge on any atom is 0.287 e. The molecule has 0 aliphatic rings. The van der Waals surface area contributed by atoms with E-state index in [1.807, 2.05) is 11.5 Å². The lowest BCUT2D eigenvalue weighted by atomic mass is 10.3. The molecule has 0 saturated carbocycles. The number of H-pyrrole nitrogens is 1. The Kier molecular flexibility index (Phi) is 4.51. The zero-order chi connectivity index (χ0) is 14.3. The van der Waals surface area contributed by atoms with Gasteiger partial charge in [0.05, 0.1) is 12.0 Å². The summed E-state index contributed by atoms with van der Waals surface area (Å²) in [5.74, 6) is 0. The fraction of sp³-hybridized carbons (Fsp3) is 0.154. The van der Waals surface area contributed by atoms with Crippen LogP contribution in [0.3, 0.4) is 0 Å². The lowest BCUT2D eigenvalue weighted by molar-refractivity contribution is 0.773. The van der Waals surface area contributed by atoms with Crippen molar-refractivity contribution in [3.8, 4) is 5.69 Å². The number of aromatic nitrogens is 4. The first-order valence-corrected chi connectivity index (χ1v) is 6.86. The molecule has 0 bridgehead atoms. The summed E-state index contributed by atoms with van der Waals surface area (Å²) < 4.78 is 3.60. The molecule has 0 fully saturated rings. The van der Waals surface area contributed by atoms with Crippen molar-refractivity contribution in [3.63, 3.8) is 0 Å². The van der Waals surface area contributed by atoms with Crippen LogP contribution in [0.2, 0.25) is 5.02 Å². The number of aromatic amines is 1. The highest BCUT2D eigenvalue weighted by molar-refractivity contribution is 7.71. The molecule has 5 nitrogen and oxygen atoms in total. The average molecular weight is 343 g/mol. The van der Waals surface area contributed by atoms with E-state index in [4.69, 9.17) is 23.8 Å². The maximum atomic E-state index is 12.5. The number of halogens is 2. The molecule has 2 aromatic heterocycles. The van der Waals surface area contributed by atoms with Crippen LogP contribution in [0.4, 0.5) is 0 Å². The third-order valence-electron chi connectivity index (χ3n) is 3.10. The van der Waals surface area contributed by atoms with Gasteiger partial charge in [-0.25, -0.2) is 4.98 Å². The van der Waals surface area contributed by atoms with E-state index in [1.54, 1.807) is 30.6 Å². The molecule has 1 aromatic carbocycles. The summed E-state index contributed by atoms with van der Waals surface area (Å²) in [6.07, 6.45) is 1.63. The predicted molar refractivity (Wildman–Crippen MR) is 88.4 cm³/mol. The summed E-state index contributed by atoms with van der Waals surface area (Å²) in [5, 5.41) is 0.605. The Balaban J connectivity index is 0.00000161. The summed E-state index contributed by atoms with van der Waals surface area (Å²) in [7, 11) is 0. The Morgan fingerprint density at radius 1 is 1.33 bits per heavy atom. The number of hydrogen-bond acceptors (Lipinski definition) is 3. The molecule has 2 heterocycles. The van der Waals surface area contributed by atoms with Gasteiger partial charge in [0, 0.05) is 11.6 Å². The van der Waals surface area contributed by atoms with Crippen LogP contribution in [0.1, 0.15) is 6.92 Å². The molecule has 1 N–H and O–H groups in total. The zero-order valence-corrected chi connectivity index (χ0v) is 13.4. The van der Waals surface area contributed by atoms with Crippen LogP contribution in [-0.2, 0) is 6.54 Å². The highest BCUT2D eigenvalue weighted by Gasteiger charge is 2.11. The normalized spacial score (nSPS) is 10.6. The van der Waals surface area contributed by atoms with E-state index in [0.29, 0.717) is 33.2 Å². The second-order valence-corrected chi connectivity index (χ2v) is 5.10. The number of hydrogen-bond donors (Lipinski definition) is 1. The molecule has 3 rings (SSSR count). The van der Waals surface area contributed by atoms with Crippen molar-refractivity contribution >= 4 is 47.4 Å². The number of benzene rings is 1. The van der Waals surface area contributed by atoms with Crippen LogP contribution in [0.25, 0.3) is 16.9 Å². The first-order valence-electron chi connectivity index (χ1n) is 6.08. The minimum atomic E-state index is -0.238. The number of fused-ring (bicyclic) bond motifs is 1. The summed E-state index contributed by atoms with van der Waals surface area (Å²) in [4.78, 5) is 19.7. The molecule has 0 atom stereocenters. The Labute approximate surface area is 136 Å². The predicted octanol–water partition coefficient (Wildman–Crippen LogP) is 3.34. The molecule has 0 unspecified atom stereocenters. The molecule has 110 valence electrons. The van der Waals surface area contributed by atoms with Crippen LogP contribution in [0.5, 0.6) is 0 Å². The molecule has 0 saturated heterocycles. The largest absolute Gasteiger partial charge is 0.317 e. The Morgan fingerprint density at radius 3 is 2.62 bits per heavy atom. The van der Waals surface area contributed by atoms with E-state index in [1.165, 1.54) is 4.57 Å². The smallest absolute Gasteiger partial charge is 0.287 e. The van der Waals surface area contributed by atoms with Gasteiger partial charge in [0.1, 0.15) is 5.65 Å². The van der Waals surface area contributed by atoms with E-state index < -0.39 is 0 Å². The standard InChI is InChI=1S/C13H11ClN4OS.ClH/c1-2-17-7-15-10-11(17)16-13(20)18(12(10)19)9-5-3-8(14)4-6-9;/h3-7H,2H2,1H3,(H,16,20);1H. The Bertz CT molecular complexity index is 895. The Hall–Kier alpha value is -1.63. The van der Waals surface area contributed by atoms with Crippen LogP contribution in [-0.4, -0.2) is 19.1 Å². The van der Waals surface area contributed by atoms with Crippen molar-refractivity contribution in [2.24, 2.45) is 0 Å². The lowest BCUT2D eigenvalue weighted by Gasteiger charge is -2.07. The minimum absolute atomic E-state index is 0. The first kappa shape index (κ1) is 15.8. The van der Waals surface area contributed by atoms with Crippen molar-refractivity contribution < 1.29 is 0 Å². The molecule has 0 aliphatic carbocycles. The lowest BCUT2D eigenvalue weighted by Crippen LogP contribution is -2.21. The van der Waals surface area contributed by atoms with Gasteiger partial charge in [-0.3, -0.25) is 9.36 Å². The van der Waals surface area contributed by atoms with Gasteiger partial charge in [-0.15, -0.1) is 12.4 Å². The summed E-state index contributed by atoms with van der Waals surface area (Å²) in [6, 6.07) is 6.92. The highest BCUT2D eigenvalue weighted by atomic mass is 35.5. The summed E-state index contributed by atoms with van der Waals surface area (Å²) >= 11 is 11.1. The molecule has 0 radical (unpaired) electrons. The fourth-order valence-corrected chi connectivity index (χ4v) is 2.50. The molecule has 0 aliphatic heterocycles. The van der Waals surface area contributed by atoms with E-state index in [2.05, 4.69) is 9.97 Å². The molecule has 0 amide bonds. The van der Waals surface area contributed by atoms with Gasteiger partial charge in [0.25, 0.3) is 5.56 Å². The highest BCUT2D eigenvalue weighted by Crippen LogP contribution is 2.14. The number of imidazole rings is 1. The van der Waals surface area contributed by atoms with E-state index >= 15 is 0 Å². The number of nitrogens with one attached hydrogen (secondary N) is 1. The monoisotopic (exact) mass is 342 g/mol. The quantitative estimate of drug-likeness (QED) is 0.726. The maximum absolute atomic E-state index is 12.5. The van der Waals surface area contributed by atoms with E-state index in [0.717, 1.165) is 0 Å². The number of aryl methyl sites for hydroxylation is 1. The third kappa shape index (κ3) is 2.62. The zero-order valence-electron chi connectivity index (χ0n) is 11.0. The van der Waals surface area contributed by atoms with Crippen molar-refractivity contribution in [2.45, 2.75) is 13.5 Å². The Morgan fingerprint density at radius 2 is 2.00 bits per heavy atom. The summed E-state index contributed by atoms with van der Waals surface area (Å²) in [5.41, 5.74) is 1.44. The van der Waals surface area contributed by atoms with Crippen LogP contribution >= 0.6 is 36.2 Å². The third-order valence-corrected chi connectivity index (χ3v) is 3.63. The van der Waals surface area contributed by atoms with Crippen molar-refractivity contribution in [2.75, 3.05) is 0 Å². The molecular weight excluding hydrogens is 331 g/mol. The topological polar surface area (TPSA) is 55.6 Å². The molecule has 21 heavy (non-hydrogen) atoms. The second-order valence-electron chi connectivity index (χ2n) is 4.27. The van der Waals surface area contributed by atoms with Crippen molar-refractivity contribution in [3.05, 3.63) is 50.7 Å².